The maximum Gasteiger partial charge on any atom is 0.341 e. The van der Waals surface area contributed by atoms with Crippen LogP contribution in [-0.2, 0) is 19.1 Å². The Morgan fingerprint density at radius 3 is 2.56 bits per heavy atom. The van der Waals surface area contributed by atoms with E-state index in [4.69, 9.17) is 22.1 Å². The number of carbonyl (C=O) groups excluding carboxylic acids is 3. The van der Waals surface area contributed by atoms with Crippen LogP contribution in [0, 0.1) is 5.92 Å². The first kappa shape index (κ1) is 25.3. The number of benzene rings is 1. The number of hydrogen-bond acceptors (Lipinski definition) is 9. The van der Waals surface area contributed by atoms with Gasteiger partial charge in [0.1, 0.15) is 16.4 Å². The number of aromatic nitrogens is 1. The van der Waals surface area contributed by atoms with Crippen molar-refractivity contribution in [2.75, 3.05) is 23.8 Å². The molecule has 1 aliphatic rings. The van der Waals surface area contributed by atoms with Gasteiger partial charge in [0.15, 0.2) is 5.13 Å². The molecule has 10 nitrogen and oxygen atoms in total. The number of amides is 3. The lowest BCUT2D eigenvalue weighted by atomic mass is 10.1. The largest absolute Gasteiger partial charge is 0.480 e. The molecule has 178 valence electrons. The van der Waals surface area contributed by atoms with Gasteiger partial charge in [-0.1, -0.05) is 56.0 Å². The maximum absolute atomic E-state index is 12.9. The zero-order valence-electron chi connectivity index (χ0n) is 18.1. The standard InChI is InChI=1S/C21H20N4O6S3/c1-11(2)9-31-18(29)15(16-17(28)25(8-14(26)27)21(32)34-16)13-10-33-20(23-13)24-19(30)22-12-6-4-3-5-7-12/h3-7,10-11H,8-9H2,1-2H3,(H,26,27)(H2,22,23,24,30)/b16-15-. The normalized spacial score (nSPS) is 14.9. The third kappa shape index (κ3) is 6.40. The molecule has 0 radical (unpaired) electrons. The van der Waals surface area contributed by atoms with Crippen LogP contribution < -0.4 is 10.6 Å². The molecule has 34 heavy (non-hydrogen) atoms. The Morgan fingerprint density at radius 1 is 1.21 bits per heavy atom. The third-order valence-electron chi connectivity index (χ3n) is 4.13. The Hall–Kier alpha value is -3.29. The summed E-state index contributed by atoms with van der Waals surface area (Å²) in [5, 5.41) is 16.0. The van der Waals surface area contributed by atoms with Crippen molar-refractivity contribution < 1.29 is 29.0 Å². The van der Waals surface area contributed by atoms with Crippen LogP contribution >= 0.6 is 35.3 Å². The van der Waals surface area contributed by atoms with Crippen molar-refractivity contribution >= 4 is 79.9 Å². The van der Waals surface area contributed by atoms with Crippen LogP contribution in [0.1, 0.15) is 19.5 Å². The number of carboxylic acid groups (broad SMARTS) is 1. The van der Waals surface area contributed by atoms with Gasteiger partial charge in [0.05, 0.1) is 17.2 Å². The molecule has 0 unspecified atom stereocenters. The maximum atomic E-state index is 12.9. The number of anilines is 2. The van der Waals surface area contributed by atoms with Crippen molar-refractivity contribution in [2.24, 2.45) is 5.92 Å². The Kier molecular flexibility index (Phi) is 8.36. The molecule has 0 atom stereocenters. The lowest BCUT2D eigenvalue weighted by molar-refractivity contribution is -0.140. The van der Waals surface area contributed by atoms with Crippen molar-refractivity contribution in [1.82, 2.24) is 9.88 Å². The minimum Gasteiger partial charge on any atom is -0.480 e. The predicted molar refractivity (Wildman–Crippen MR) is 133 cm³/mol. The Morgan fingerprint density at radius 2 is 1.91 bits per heavy atom. The number of thiazole rings is 1. The quantitative estimate of drug-likeness (QED) is 0.270. The first-order chi connectivity index (χ1) is 16.2. The van der Waals surface area contributed by atoms with Gasteiger partial charge in [-0.2, -0.15) is 0 Å². The molecular weight excluding hydrogens is 500 g/mol. The Bertz CT molecular complexity index is 1160. The second-order valence-corrected chi connectivity index (χ2v) is 9.83. The number of thiocarbonyl (C=S) groups is 1. The van der Waals surface area contributed by atoms with Crippen molar-refractivity contribution in [3.63, 3.8) is 0 Å². The summed E-state index contributed by atoms with van der Waals surface area (Å²) < 4.78 is 5.33. The van der Waals surface area contributed by atoms with Gasteiger partial charge in [0.25, 0.3) is 5.91 Å². The van der Waals surface area contributed by atoms with Crippen molar-refractivity contribution in [1.29, 1.82) is 0 Å². The SMILES string of the molecule is CC(C)COC(=O)/C(=C1\SC(=S)N(CC(=O)O)C1=O)c1csc(NC(=O)Nc2ccccc2)n1. The number of carbonyl (C=O) groups is 4. The van der Waals surface area contributed by atoms with E-state index >= 15 is 0 Å². The minimum atomic E-state index is -1.24. The van der Waals surface area contributed by atoms with Crippen LogP contribution in [0.3, 0.4) is 0 Å². The number of urea groups is 1. The van der Waals surface area contributed by atoms with Gasteiger partial charge in [-0.15, -0.1) is 11.3 Å². The highest BCUT2D eigenvalue weighted by Crippen LogP contribution is 2.38. The summed E-state index contributed by atoms with van der Waals surface area (Å²) in [6, 6.07) is 8.25. The van der Waals surface area contributed by atoms with Gasteiger partial charge in [-0.05, 0) is 18.1 Å². The van der Waals surface area contributed by atoms with E-state index in [0.29, 0.717) is 5.69 Å². The molecule has 0 saturated carbocycles. The number of thioether (sulfide) groups is 1. The molecule has 1 saturated heterocycles. The molecule has 1 aromatic carbocycles. The molecule has 0 bridgehead atoms. The fourth-order valence-electron chi connectivity index (χ4n) is 2.68. The molecule has 3 N–H and O–H groups in total. The molecule has 1 fully saturated rings. The predicted octanol–water partition coefficient (Wildman–Crippen LogP) is 3.64. The van der Waals surface area contributed by atoms with Crippen molar-refractivity contribution in [3.05, 3.63) is 46.3 Å². The molecular formula is C21H20N4O6S3. The highest BCUT2D eigenvalue weighted by atomic mass is 32.2. The zero-order valence-corrected chi connectivity index (χ0v) is 20.5. The lowest BCUT2D eigenvalue weighted by Gasteiger charge is -2.12. The van der Waals surface area contributed by atoms with Crippen LogP contribution in [0.15, 0.2) is 40.6 Å². The number of nitrogens with zero attached hydrogens (tertiary/aromatic N) is 2. The summed E-state index contributed by atoms with van der Waals surface area (Å²) in [4.78, 5) is 54.3. The molecule has 1 aromatic heterocycles. The number of esters is 1. The van der Waals surface area contributed by atoms with Crippen molar-refractivity contribution in [2.45, 2.75) is 13.8 Å². The number of para-hydroxylation sites is 1. The number of nitrogens with one attached hydrogen (secondary N) is 2. The summed E-state index contributed by atoms with van der Waals surface area (Å²) in [7, 11) is 0. The molecule has 3 amide bonds. The summed E-state index contributed by atoms with van der Waals surface area (Å²) in [6.45, 7) is 3.18. The van der Waals surface area contributed by atoms with Gasteiger partial charge in [0, 0.05) is 11.1 Å². The minimum absolute atomic E-state index is 0.00683. The van der Waals surface area contributed by atoms with E-state index in [-0.39, 0.29) is 38.1 Å². The van der Waals surface area contributed by atoms with Crippen LogP contribution in [-0.4, -0.2) is 56.3 Å². The summed E-state index contributed by atoms with van der Waals surface area (Å²) in [6.07, 6.45) is 0. The third-order valence-corrected chi connectivity index (χ3v) is 6.34. The first-order valence-corrected chi connectivity index (χ1v) is 12.0. The molecule has 2 heterocycles. The van der Waals surface area contributed by atoms with Crippen LogP contribution in [0.4, 0.5) is 15.6 Å². The number of carboxylic acids is 1. The highest BCUT2D eigenvalue weighted by molar-refractivity contribution is 8.26. The molecule has 2 aromatic rings. The first-order valence-electron chi connectivity index (χ1n) is 9.91. The molecule has 0 aliphatic carbocycles. The van der Waals surface area contributed by atoms with E-state index in [1.54, 1.807) is 24.3 Å². The lowest BCUT2D eigenvalue weighted by Crippen LogP contribution is -2.33. The topological polar surface area (TPSA) is 138 Å². The van der Waals surface area contributed by atoms with Crippen LogP contribution in [0.25, 0.3) is 5.57 Å². The van der Waals surface area contributed by atoms with Crippen LogP contribution in [0.2, 0.25) is 0 Å². The van der Waals surface area contributed by atoms with Gasteiger partial charge in [-0.3, -0.25) is 19.8 Å². The number of rotatable bonds is 8. The second kappa shape index (κ2) is 11.2. The molecule has 0 spiro atoms. The van der Waals surface area contributed by atoms with E-state index in [9.17, 15) is 19.2 Å². The highest BCUT2D eigenvalue weighted by Gasteiger charge is 2.38. The number of hydrogen-bond donors (Lipinski definition) is 3. The monoisotopic (exact) mass is 520 g/mol. The van der Waals surface area contributed by atoms with Crippen molar-refractivity contribution in [3.8, 4) is 0 Å². The zero-order chi connectivity index (χ0) is 24.8. The van der Waals surface area contributed by atoms with Gasteiger partial charge in [0.2, 0.25) is 0 Å². The molecule has 13 heteroatoms. The van der Waals surface area contributed by atoms with E-state index < -0.39 is 30.4 Å². The summed E-state index contributed by atoms with van der Waals surface area (Å²) in [5.41, 5.74) is 0.542. The average Bonchev–Trinajstić information content (AvgIpc) is 3.33. The fourth-order valence-corrected chi connectivity index (χ4v) is 4.69. The van der Waals surface area contributed by atoms with Crippen LogP contribution in [0.5, 0.6) is 0 Å². The molecule has 1 aliphatic heterocycles. The number of ether oxygens (including phenoxy) is 1. The van der Waals surface area contributed by atoms with E-state index in [2.05, 4.69) is 15.6 Å². The Labute approximate surface area is 208 Å². The fraction of sp³-hybridized carbons (Fsp3) is 0.238. The van der Waals surface area contributed by atoms with Gasteiger partial charge >= 0.3 is 18.0 Å². The van der Waals surface area contributed by atoms with E-state index in [1.807, 2.05) is 19.9 Å². The van der Waals surface area contributed by atoms with E-state index in [1.165, 1.54) is 5.38 Å². The number of aliphatic carboxylic acids is 1. The van der Waals surface area contributed by atoms with Gasteiger partial charge in [-0.25, -0.2) is 14.6 Å². The summed E-state index contributed by atoms with van der Waals surface area (Å²) >= 11 is 6.98. The Balaban J connectivity index is 1.88. The average molecular weight is 521 g/mol. The van der Waals surface area contributed by atoms with E-state index in [0.717, 1.165) is 28.0 Å². The molecule has 3 rings (SSSR count). The van der Waals surface area contributed by atoms with Gasteiger partial charge < -0.3 is 15.2 Å². The summed E-state index contributed by atoms with van der Waals surface area (Å²) in [5.74, 6) is -2.72. The second-order valence-electron chi connectivity index (χ2n) is 7.33. The smallest absolute Gasteiger partial charge is 0.341 e.